The van der Waals surface area contributed by atoms with Crippen molar-refractivity contribution in [3.05, 3.63) is 36.2 Å². The van der Waals surface area contributed by atoms with E-state index in [9.17, 15) is 9.59 Å². The van der Waals surface area contributed by atoms with Gasteiger partial charge in [-0.15, -0.1) is 0 Å². The highest BCUT2D eigenvalue weighted by Crippen LogP contribution is 2.33. The van der Waals surface area contributed by atoms with Crippen LogP contribution in [-0.4, -0.2) is 34.5 Å². The van der Waals surface area contributed by atoms with E-state index in [1.165, 1.54) is 17.6 Å². The van der Waals surface area contributed by atoms with E-state index in [-0.39, 0.29) is 18.5 Å². The second kappa shape index (κ2) is 7.66. The van der Waals surface area contributed by atoms with Crippen molar-refractivity contribution in [2.45, 2.75) is 57.0 Å². The molecule has 7 nitrogen and oxygen atoms in total. The van der Waals surface area contributed by atoms with Crippen LogP contribution in [0.2, 0.25) is 0 Å². The van der Waals surface area contributed by atoms with Gasteiger partial charge in [-0.2, -0.15) is 0 Å². The Kier molecular flexibility index (Phi) is 5.07. The topological polar surface area (TPSA) is 84.7 Å². The first kappa shape index (κ1) is 18.5. The highest BCUT2D eigenvalue weighted by molar-refractivity contribution is 6.06. The fourth-order valence-corrected chi connectivity index (χ4v) is 4.08. The maximum absolute atomic E-state index is 13.1. The molecule has 0 unspecified atom stereocenters. The lowest BCUT2D eigenvalue weighted by Gasteiger charge is -2.28. The highest BCUT2D eigenvalue weighted by Gasteiger charge is 2.50. The summed E-state index contributed by atoms with van der Waals surface area (Å²) in [5.41, 5.74) is 0.623. The largest absolute Gasteiger partial charge is 0.497 e. The van der Waals surface area contributed by atoms with Crippen LogP contribution in [0.15, 0.2) is 34.9 Å². The Bertz CT molecular complexity index is 851. The molecule has 3 amide bonds. The third kappa shape index (κ3) is 3.48. The van der Waals surface area contributed by atoms with Crippen LogP contribution < -0.4 is 10.1 Å². The Morgan fingerprint density at radius 3 is 2.46 bits per heavy atom. The number of urea groups is 1. The summed E-state index contributed by atoms with van der Waals surface area (Å²) in [5, 5.41) is 2.97. The Labute approximate surface area is 164 Å². The second-order valence-corrected chi connectivity index (χ2v) is 7.54. The van der Waals surface area contributed by atoms with E-state index in [0.29, 0.717) is 24.4 Å². The first-order chi connectivity index (χ1) is 13.6. The number of nitrogens with one attached hydrogen (secondary N) is 1. The van der Waals surface area contributed by atoms with Crippen molar-refractivity contribution in [1.29, 1.82) is 0 Å². The van der Waals surface area contributed by atoms with Gasteiger partial charge in [0, 0.05) is 5.56 Å². The molecule has 2 heterocycles. The predicted molar refractivity (Wildman–Crippen MR) is 103 cm³/mol. The number of carbonyl (C=O) groups is 2. The van der Waals surface area contributed by atoms with Gasteiger partial charge in [-0.1, -0.05) is 32.1 Å². The molecule has 2 aliphatic rings. The molecule has 1 saturated carbocycles. The Hall–Kier alpha value is -2.83. The summed E-state index contributed by atoms with van der Waals surface area (Å²) >= 11 is 0. The summed E-state index contributed by atoms with van der Waals surface area (Å²) in [4.78, 5) is 31.3. The second-order valence-electron chi connectivity index (χ2n) is 7.54. The third-order valence-corrected chi connectivity index (χ3v) is 5.66. The molecule has 0 atom stereocenters. The van der Waals surface area contributed by atoms with Gasteiger partial charge in [-0.25, -0.2) is 9.78 Å². The van der Waals surface area contributed by atoms with E-state index in [4.69, 9.17) is 9.15 Å². The van der Waals surface area contributed by atoms with Crippen LogP contribution in [0.1, 0.15) is 50.6 Å². The molecule has 1 N–H and O–H groups in total. The van der Waals surface area contributed by atoms with Crippen LogP contribution in [-0.2, 0) is 11.3 Å². The molecule has 1 saturated heterocycles. The molecule has 0 radical (unpaired) electrons. The molecular formula is C21H25N3O4. The lowest BCUT2D eigenvalue weighted by atomic mass is 9.84. The molecule has 7 heteroatoms. The number of rotatable bonds is 4. The van der Waals surface area contributed by atoms with Crippen LogP contribution in [0.25, 0.3) is 11.5 Å². The summed E-state index contributed by atoms with van der Waals surface area (Å²) in [6.07, 6.45) is 8.28. The molecule has 2 fully saturated rings. The van der Waals surface area contributed by atoms with Gasteiger partial charge >= 0.3 is 6.03 Å². The van der Waals surface area contributed by atoms with Crippen molar-refractivity contribution in [3.8, 4) is 17.2 Å². The normalized spacial score (nSPS) is 19.4. The van der Waals surface area contributed by atoms with E-state index in [1.807, 2.05) is 24.3 Å². The van der Waals surface area contributed by atoms with E-state index in [0.717, 1.165) is 37.0 Å². The van der Waals surface area contributed by atoms with Crippen molar-refractivity contribution in [2.75, 3.05) is 7.11 Å². The standard InChI is InChI=1S/C21H25N3O4/c1-27-17-9-7-15(8-10-17)18-22-16(14-28-18)13-24-19(25)21(23-20(24)26)11-5-3-2-4-6-12-21/h7-10,14H,2-6,11-13H2,1H3,(H,23,26). The van der Waals surface area contributed by atoms with Crippen molar-refractivity contribution >= 4 is 11.9 Å². The number of hydrogen-bond donors (Lipinski definition) is 1. The van der Waals surface area contributed by atoms with Gasteiger partial charge in [-0.3, -0.25) is 9.69 Å². The van der Waals surface area contributed by atoms with Crippen molar-refractivity contribution in [1.82, 2.24) is 15.2 Å². The minimum absolute atomic E-state index is 0.117. The van der Waals surface area contributed by atoms with Gasteiger partial charge in [0.1, 0.15) is 17.6 Å². The van der Waals surface area contributed by atoms with E-state index >= 15 is 0 Å². The number of ether oxygens (including phenoxy) is 1. The molecule has 0 bridgehead atoms. The lowest BCUT2D eigenvalue weighted by Crippen LogP contribution is -2.47. The van der Waals surface area contributed by atoms with Gasteiger partial charge in [0.2, 0.25) is 5.89 Å². The fourth-order valence-electron chi connectivity index (χ4n) is 4.08. The number of benzene rings is 1. The Morgan fingerprint density at radius 1 is 1.11 bits per heavy atom. The summed E-state index contributed by atoms with van der Waals surface area (Å²) in [6, 6.07) is 7.03. The van der Waals surface area contributed by atoms with E-state index < -0.39 is 5.54 Å². The average molecular weight is 383 g/mol. The molecule has 2 aromatic rings. The molecule has 1 aliphatic heterocycles. The number of imide groups is 1. The lowest BCUT2D eigenvalue weighted by molar-refractivity contribution is -0.132. The fraction of sp³-hybridized carbons (Fsp3) is 0.476. The first-order valence-corrected chi connectivity index (χ1v) is 9.84. The highest BCUT2D eigenvalue weighted by atomic mass is 16.5. The smallest absolute Gasteiger partial charge is 0.325 e. The Morgan fingerprint density at radius 2 is 1.79 bits per heavy atom. The Balaban J connectivity index is 1.48. The van der Waals surface area contributed by atoms with E-state index in [1.54, 1.807) is 7.11 Å². The van der Waals surface area contributed by atoms with Crippen molar-refractivity contribution < 1.29 is 18.7 Å². The number of methoxy groups -OCH3 is 1. The number of aromatic nitrogens is 1. The maximum atomic E-state index is 13.1. The number of hydrogen-bond acceptors (Lipinski definition) is 5. The quantitative estimate of drug-likeness (QED) is 0.810. The summed E-state index contributed by atoms with van der Waals surface area (Å²) < 4.78 is 10.7. The predicted octanol–water partition coefficient (Wildman–Crippen LogP) is 3.89. The molecule has 4 rings (SSSR count). The summed E-state index contributed by atoms with van der Waals surface area (Å²) in [7, 11) is 1.61. The van der Waals surface area contributed by atoms with Crippen LogP contribution in [0.4, 0.5) is 4.79 Å². The van der Waals surface area contributed by atoms with Gasteiger partial charge in [-0.05, 0) is 37.1 Å². The van der Waals surface area contributed by atoms with Gasteiger partial charge in [0.15, 0.2) is 0 Å². The zero-order valence-electron chi connectivity index (χ0n) is 16.1. The minimum atomic E-state index is -0.736. The zero-order valence-corrected chi connectivity index (χ0v) is 16.1. The molecule has 1 aromatic carbocycles. The number of nitrogens with zero attached hydrogens (tertiary/aromatic N) is 2. The van der Waals surface area contributed by atoms with E-state index in [2.05, 4.69) is 10.3 Å². The van der Waals surface area contributed by atoms with Gasteiger partial charge in [0.05, 0.1) is 19.3 Å². The van der Waals surface area contributed by atoms with Crippen LogP contribution >= 0.6 is 0 Å². The zero-order chi connectivity index (χ0) is 19.6. The van der Waals surface area contributed by atoms with Crippen LogP contribution in [0.3, 0.4) is 0 Å². The molecule has 148 valence electrons. The van der Waals surface area contributed by atoms with Crippen LogP contribution in [0.5, 0.6) is 5.75 Å². The minimum Gasteiger partial charge on any atom is -0.497 e. The SMILES string of the molecule is COc1ccc(-c2nc(CN3C(=O)NC4(CCCCCCC4)C3=O)co2)cc1. The van der Waals surface area contributed by atoms with Crippen LogP contribution in [0, 0.1) is 0 Å². The van der Waals surface area contributed by atoms with Crippen molar-refractivity contribution in [3.63, 3.8) is 0 Å². The monoisotopic (exact) mass is 383 g/mol. The number of amides is 3. The van der Waals surface area contributed by atoms with Crippen molar-refractivity contribution in [2.24, 2.45) is 0 Å². The summed E-state index contributed by atoms with van der Waals surface area (Å²) in [5.74, 6) is 1.07. The third-order valence-electron chi connectivity index (χ3n) is 5.66. The van der Waals surface area contributed by atoms with Gasteiger partial charge < -0.3 is 14.5 Å². The summed E-state index contributed by atoms with van der Waals surface area (Å²) in [6.45, 7) is 0.117. The number of oxazole rings is 1. The van der Waals surface area contributed by atoms with Gasteiger partial charge in [0.25, 0.3) is 5.91 Å². The molecule has 1 aromatic heterocycles. The maximum Gasteiger partial charge on any atom is 0.325 e. The molecule has 1 spiro atoms. The molecule has 1 aliphatic carbocycles. The number of carbonyl (C=O) groups excluding carboxylic acids is 2. The molecule has 28 heavy (non-hydrogen) atoms. The molecular weight excluding hydrogens is 358 g/mol. The first-order valence-electron chi connectivity index (χ1n) is 9.84. The average Bonchev–Trinajstić information content (AvgIpc) is 3.24.